The highest BCUT2D eigenvalue weighted by molar-refractivity contribution is 5.96. The van der Waals surface area contributed by atoms with E-state index in [1.807, 2.05) is 18.2 Å². The normalized spacial score (nSPS) is 15.2. The van der Waals surface area contributed by atoms with Gasteiger partial charge in [-0.2, -0.15) is 5.10 Å². The molecule has 5 heterocycles. The van der Waals surface area contributed by atoms with Crippen LogP contribution in [0.2, 0.25) is 0 Å². The first-order valence-electron chi connectivity index (χ1n) is 10.3. The molecular formula is C23H21N7. The minimum absolute atomic E-state index is 0.594. The number of rotatable bonds is 3. The van der Waals surface area contributed by atoms with Gasteiger partial charge in [0, 0.05) is 29.5 Å². The summed E-state index contributed by atoms with van der Waals surface area (Å²) in [5, 5.41) is 12.3. The Morgan fingerprint density at radius 3 is 2.60 bits per heavy atom. The molecule has 1 aliphatic heterocycles. The van der Waals surface area contributed by atoms with Gasteiger partial charge in [-0.05, 0) is 67.7 Å². The monoisotopic (exact) mass is 395 g/mol. The van der Waals surface area contributed by atoms with E-state index in [0.717, 1.165) is 57.8 Å². The quantitative estimate of drug-likeness (QED) is 0.429. The third-order valence-electron chi connectivity index (χ3n) is 5.98. The molecule has 30 heavy (non-hydrogen) atoms. The van der Waals surface area contributed by atoms with E-state index in [2.05, 4.69) is 48.7 Å². The van der Waals surface area contributed by atoms with Crippen molar-refractivity contribution >= 4 is 21.9 Å². The van der Waals surface area contributed by atoms with Crippen molar-refractivity contribution in [1.29, 1.82) is 0 Å². The Morgan fingerprint density at radius 2 is 1.73 bits per heavy atom. The number of aromatic amines is 2. The second-order valence-corrected chi connectivity index (χ2v) is 7.78. The summed E-state index contributed by atoms with van der Waals surface area (Å²) in [4.78, 5) is 17.0. The number of fused-ring (bicyclic) bond motifs is 2. The number of hydrogen-bond acceptors (Lipinski definition) is 5. The minimum Gasteiger partial charge on any atom is -0.336 e. The van der Waals surface area contributed by atoms with Gasteiger partial charge in [-0.1, -0.05) is 6.07 Å². The van der Waals surface area contributed by atoms with E-state index in [-0.39, 0.29) is 0 Å². The topological polar surface area (TPSA) is 95.2 Å². The van der Waals surface area contributed by atoms with Crippen molar-refractivity contribution in [2.75, 3.05) is 13.1 Å². The van der Waals surface area contributed by atoms with Crippen molar-refractivity contribution in [3.05, 3.63) is 60.6 Å². The van der Waals surface area contributed by atoms with Crippen LogP contribution in [-0.2, 0) is 0 Å². The maximum Gasteiger partial charge on any atom is 0.159 e. The number of aromatic nitrogens is 6. The van der Waals surface area contributed by atoms with Gasteiger partial charge >= 0.3 is 0 Å². The van der Waals surface area contributed by atoms with Crippen LogP contribution in [-0.4, -0.2) is 43.2 Å². The summed E-state index contributed by atoms with van der Waals surface area (Å²) >= 11 is 0. The van der Waals surface area contributed by atoms with Crippen LogP contribution in [0, 0.1) is 0 Å². The fourth-order valence-electron chi connectivity index (χ4n) is 4.39. The molecule has 7 heteroatoms. The van der Waals surface area contributed by atoms with Crippen LogP contribution in [0.4, 0.5) is 0 Å². The first-order chi connectivity index (χ1) is 14.9. The van der Waals surface area contributed by atoms with Gasteiger partial charge in [0.25, 0.3) is 0 Å². The molecule has 1 saturated heterocycles. The molecule has 1 fully saturated rings. The van der Waals surface area contributed by atoms with Crippen LogP contribution >= 0.6 is 0 Å². The first-order valence-corrected chi connectivity index (χ1v) is 10.3. The Bertz CT molecular complexity index is 1330. The second kappa shape index (κ2) is 7.03. The molecule has 0 unspecified atom stereocenters. The summed E-state index contributed by atoms with van der Waals surface area (Å²) in [6, 6.07) is 12.5. The fourth-order valence-corrected chi connectivity index (χ4v) is 4.39. The molecule has 0 saturated carbocycles. The summed E-state index contributed by atoms with van der Waals surface area (Å²) in [6.45, 7) is 2.16. The number of benzene rings is 1. The van der Waals surface area contributed by atoms with Crippen LogP contribution in [0.15, 0.2) is 55.0 Å². The molecule has 6 rings (SSSR count). The zero-order chi connectivity index (χ0) is 19.9. The average Bonchev–Trinajstić information content (AvgIpc) is 3.43. The van der Waals surface area contributed by atoms with E-state index in [1.54, 1.807) is 18.6 Å². The predicted molar refractivity (Wildman–Crippen MR) is 117 cm³/mol. The molecule has 5 aromatic rings. The highest BCUT2D eigenvalue weighted by Gasteiger charge is 2.19. The average molecular weight is 395 g/mol. The van der Waals surface area contributed by atoms with Gasteiger partial charge < -0.3 is 10.3 Å². The molecule has 4 aromatic heterocycles. The fraction of sp³-hybridized carbons (Fsp3) is 0.217. The molecule has 1 aliphatic rings. The van der Waals surface area contributed by atoms with Crippen molar-refractivity contribution in [2.45, 2.75) is 18.8 Å². The first kappa shape index (κ1) is 17.3. The summed E-state index contributed by atoms with van der Waals surface area (Å²) < 4.78 is 0. The molecule has 148 valence electrons. The van der Waals surface area contributed by atoms with Crippen molar-refractivity contribution in [3.63, 3.8) is 0 Å². The van der Waals surface area contributed by atoms with Gasteiger partial charge in [-0.3, -0.25) is 15.1 Å². The van der Waals surface area contributed by atoms with Crippen LogP contribution in [0.3, 0.4) is 0 Å². The molecule has 0 spiro atoms. The minimum atomic E-state index is 0.594. The molecule has 0 amide bonds. The SMILES string of the molecule is c1cc(-c2nccc3[nH]c(-c4n[nH]c5ccc(C6CCNCC6)cc45)nc23)ccn1. The number of piperidine rings is 1. The zero-order valence-corrected chi connectivity index (χ0v) is 16.4. The lowest BCUT2D eigenvalue weighted by Gasteiger charge is -2.23. The third kappa shape index (κ3) is 2.86. The maximum atomic E-state index is 4.89. The van der Waals surface area contributed by atoms with Crippen molar-refractivity contribution in [3.8, 4) is 22.8 Å². The largest absolute Gasteiger partial charge is 0.336 e. The van der Waals surface area contributed by atoms with E-state index in [0.29, 0.717) is 5.92 Å². The van der Waals surface area contributed by atoms with Gasteiger partial charge in [0.1, 0.15) is 11.2 Å². The molecule has 0 radical (unpaired) electrons. The Labute approximate surface area is 173 Å². The van der Waals surface area contributed by atoms with Crippen LogP contribution in [0.25, 0.3) is 44.7 Å². The highest BCUT2D eigenvalue weighted by atomic mass is 15.1. The summed E-state index contributed by atoms with van der Waals surface area (Å²) in [6.07, 6.45) is 7.69. The maximum absolute atomic E-state index is 4.89. The Morgan fingerprint density at radius 1 is 0.867 bits per heavy atom. The number of pyridine rings is 2. The lowest BCUT2D eigenvalue weighted by atomic mass is 9.89. The van der Waals surface area contributed by atoms with Crippen LogP contribution < -0.4 is 5.32 Å². The lowest BCUT2D eigenvalue weighted by Crippen LogP contribution is -2.26. The van der Waals surface area contributed by atoms with Crippen molar-refractivity contribution in [1.82, 2.24) is 35.5 Å². The molecule has 3 N–H and O–H groups in total. The molecular weight excluding hydrogens is 374 g/mol. The Kier molecular flexibility index (Phi) is 4.06. The van der Waals surface area contributed by atoms with Gasteiger partial charge in [0.2, 0.25) is 0 Å². The third-order valence-corrected chi connectivity index (χ3v) is 5.98. The summed E-state index contributed by atoms with van der Waals surface area (Å²) in [7, 11) is 0. The molecule has 1 aromatic carbocycles. The van der Waals surface area contributed by atoms with Gasteiger partial charge in [-0.15, -0.1) is 0 Å². The molecule has 7 nitrogen and oxygen atoms in total. The number of nitrogens with zero attached hydrogens (tertiary/aromatic N) is 4. The van der Waals surface area contributed by atoms with Crippen LogP contribution in [0.1, 0.15) is 24.3 Å². The van der Waals surface area contributed by atoms with E-state index in [1.165, 1.54) is 18.4 Å². The summed E-state index contributed by atoms with van der Waals surface area (Å²) in [5.41, 5.74) is 6.86. The van der Waals surface area contributed by atoms with E-state index < -0.39 is 0 Å². The lowest BCUT2D eigenvalue weighted by molar-refractivity contribution is 0.460. The second-order valence-electron chi connectivity index (χ2n) is 7.78. The van der Waals surface area contributed by atoms with Crippen molar-refractivity contribution in [2.24, 2.45) is 0 Å². The van der Waals surface area contributed by atoms with Crippen LogP contribution in [0.5, 0.6) is 0 Å². The standard InChI is InChI=1S/C23H21N7/c1-2-18-17(13-16(1)14-3-8-24-9-4-14)21(30-29-18)23-27-19-7-12-26-20(22(19)28-23)15-5-10-25-11-6-15/h1-2,5-7,10-14,24H,3-4,8-9H2,(H,27,28)(H,29,30). The van der Waals surface area contributed by atoms with Gasteiger partial charge in [0.15, 0.2) is 5.82 Å². The smallest absolute Gasteiger partial charge is 0.159 e. The number of H-pyrrole nitrogens is 2. The van der Waals surface area contributed by atoms with E-state index in [4.69, 9.17) is 4.98 Å². The molecule has 0 atom stereocenters. The van der Waals surface area contributed by atoms with Gasteiger partial charge in [-0.25, -0.2) is 4.98 Å². The number of imidazole rings is 1. The van der Waals surface area contributed by atoms with Gasteiger partial charge in [0.05, 0.1) is 16.7 Å². The van der Waals surface area contributed by atoms with E-state index >= 15 is 0 Å². The highest BCUT2D eigenvalue weighted by Crippen LogP contribution is 2.33. The zero-order valence-electron chi connectivity index (χ0n) is 16.4. The predicted octanol–water partition coefficient (Wildman–Crippen LogP) is 4.03. The van der Waals surface area contributed by atoms with Crippen molar-refractivity contribution < 1.29 is 0 Å². The van der Waals surface area contributed by atoms with E-state index in [9.17, 15) is 0 Å². The number of hydrogen-bond donors (Lipinski definition) is 3. The Balaban J connectivity index is 1.47. The Hall–Kier alpha value is -3.58. The summed E-state index contributed by atoms with van der Waals surface area (Å²) in [5.74, 6) is 1.35. The number of nitrogens with one attached hydrogen (secondary N) is 3. The molecule has 0 aliphatic carbocycles. The molecule has 0 bridgehead atoms.